The third kappa shape index (κ3) is 5.35. The first kappa shape index (κ1) is 22.4. The van der Waals surface area contributed by atoms with Crippen molar-refractivity contribution in [3.05, 3.63) is 54.2 Å². The largest absolute Gasteiger partial charge is 0.368 e. The highest BCUT2D eigenvalue weighted by molar-refractivity contribution is 5.99. The Morgan fingerprint density at radius 2 is 1.70 bits per heavy atom. The molecule has 4 N–H and O–H groups in total. The average molecular weight is 448 g/mol. The summed E-state index contributed by atoms with van der Waals surface area (Å²) in [7, 11) is 2.14. The number of nitrogens with two attached hydrogens (primary N) is 1. The van der Waals surface area contributed by atoms with E-state index in [2.05, 4.69) is 47.4 Å². The van der Waals surface area contributed by atoms with E-state index in [1.807, 2.05) is 32.2 Å². The van der Waals surface area contributed by atoms with Gasteiger partial charge in [0.2, 0.25) is 0 Å². The van der Waals surface area contributed by atoms with E-state index in [0.29, 0.717) is 23.1 Å². The number of amides is 1. The van der Waals surface area contributed by atoms with E-state index in [1.165, 1.54) is 6.20 Å². The van der Waals surface area contributed by atoms with Gasteiger partial charge in [0.05, 0.1) is 28.8 Å². The van der Waals surface area contributed by atoms with Gasteiger partial charge >= 0.3 is 0 Å². The van der Waals surface area contributed by atoms with E-state index in [4.69, 9.17) is 5.73 Å². The predicted molar refractivity (Wildman–Crippen MR) is 129 cm³/mol. The highest BCUT2D eigenvalue weighted by Crippen LogP contribution is 2.27. The van der Waals surface area contributed by atoms with Crippen LogP contribution in [0.1, 0.15) is 35.8 Å². The lowest BCUT2D eigenvalue weighted by Gasteiger charge is -2.33. The van der Waals surface area contributed by atoms with E-state index >= 15 is 0 Å². The zero-order chi connectivity index (χ0) is 23.4. The number of carbonyl (C=O) groups is 1. The van der Waals surface area contributed by atoms with E-state index in [1.54, 1.807) is 18.5 Å². The van der Waals surface area contributed by atoms with Crippen molar-refractivity contribution in [3.8, 4) is 0 Å². The van der Waals surface area contributed by atoms with Crippen molar-refractivity contribution in [1.29, 1.82) is 0 Å². The molecular formula is C23H29N9O. The molecule has 3 aromatic rings. The average Bonchev–Trinajstić information content (AvgIpc) is 2.80. The number of anilines is 5. The number of piperazine rings is 1. The van der Waals surface area contributed by atoms with Crippen LogP contribution in [0.15, 0.2) is 43.0 Å². The summed E-state index contributed by atoms with van der Waals surface area (Å²) in [6.07, 6.45) is 6.55. The van der Waals surface area contributed by atoms with E-state index in [0.717, 1.165) is 37.6 Å². The molecule has 4 heterocycles. The first-order valence-corrected chi connectivity index (χ1v) is 10.9. The normalized spacial score (nSPS) is 14.4. The summed E-state index contributed by atoms with van der Waals surface area (Å²) >= 11 is 0. The molecule has 4 rings (SSSR count). The highest BCUT2D eigenvalue weighted by Gasteiger charge is 2.16. The maximum atomic E-state index is 12.0. The number of carbonyl (C=O) groups excluding carboxylic acids is 1. The molecule has 1 fully saturated rings. The lowest BCUT2D eigenvalue weighted by atomic mass is 10.1. The van der Waals surface area contributed by atoms with Crippen LogP contribution in [0.2, 0.25) is 0 Å². The number of hydrogen-bond donors (Lipinski definition) is 3. The Bertz CT molecular complexity index is 1110. The van der Waals surface area contributed by atoms with Gasteiger partial charge in [0.1, 0.15) is 11.6 Å². The fourth-order valence-corrected chi connectivity index (χ4v) is 3.66. The minimum atomic E-state index is -0.582. The second-order valence-corrected chi connectivity index (χ2v) is 8.37. The zero-order valence-corrected chi connectivity index (χ0v) is 19.1. The number of pyridine rings is 2. The smallest absolute Gasteiger partial charge is 0.252 e. The van der Waals surface area contributed by atoms with Crippen molar-refractivity contribution in [1.82, 2.24) is 24.8 Å². The Balaban J connectivity index is 1.54. The lowest BCUT2D eigenvalue weighted by Crippen LogP contribution is -2.44. The molecule has 0 aliphatic carbocycles. The molecule has 0 unspecified atom stereocenters. The van der Waals surface area contributed by atoms with Gasteiger partial charge in [-0.25, -0.2) is 15.0 Å². The summed E-state index contributed by atoms with van der Waals surface area (Å²) in [5.74, 6) is 1.32. The molecule has 3 aromatic heterocycles. The third-order valence-electron chi connectivity index (χ3n) is 5.57. The number of nitrogens with one attached hydrogen (secondary N) is 2. The molecular weight excluding hydrogens is 418 g/mol. The number of primary amides is 1. The van der Waals surface area contributed by atoms with Crippen LogP contribution in [0.3, 0.4) is 0 Å². The quantitative estimate of drug-likeness (QED) is 0.501. The molecule has 1 aliphatic rings. The SMILES string of the molecule is CC(C)c1nccnc1Nc1cc(Nc2ccc(N3CCN(C)CC3)cn2)ncc1C(N)=O. The number of hydrogen-bond acceptors (Lipinski definition) is 9. The molecule has 10 nitrogen and oxygen atoms in total. The molecule has 0 atom stereocenters. The first-order chi connectivity index (χ1) is 15.9. The van der Waals surface area contributed by atoms with Crippen LogP contribution >= 0.6 is 0 Å². The third-order valence-corrected chi connectivity index (χ3v) is 5.57. The molecule has 0 spiro atoms. The van der Waals surface area contributed by atoms with Crippen LogP contribution in [0.4, 0.5) is 28.8 Å². The van der Waals surface area contributed by atoms with Gasteiger partial charge < -0.3 is 26.2 Å². The molecule has 10 heteroatoms. The predicted octanol–water partition coefficient (Wildman–Crippen LogP) is 2.73. The summed E-state index contributed by atoms with van der Waals surface area (Å²) in [6.45, 7) is 8.10. The zero-order valence-electron chi connectivity index (χ0n) is 19.1. The van der Waals surface area contributed by atoms with Crippen LogP contribution in [0, 0.1) is 0 Å². The summed E-state index contributed by atoms with van der Waals surface area (Å²) in [6, 6.07) is 5.69. The number of rotatable bonds is 7. The standard InChI is InChI=1S/C23H29N9O/c1-15(2)21-23(26-7-6-25-21)29-18-12-20(28-14-17(18)22(24)33)30-19-5-4-16(13-27-19)32-10-8-31(3)9-11-32/h4-7,12-15H,8-11H2,1-3H3,(H2,24,33)(H2,26,27,28,29,30). The van der Waals surface area contributed by atoms with Crippen molar-refractivity contribution in [3.63, 3.8) is 0 Å². The number of nitrogens with zero attached hydrogens (tertiary/aromatic N) is 6. The maximum Gasteiger partial charge on any atom is 0.252 e. The topological polar surface area (TPSA) is 125 Å². The molecule has 0 saturated carbocycles. The minimum absolute atomic E-state index is 0.153. The van der Waals surface area contributed by atoms with Gasteiger partial charge in [-0.05, 0) is 25.1 Å². The van der Waals surface area contributed by atoms with Crippen molar-refractivity contribution in [2.45, 2.75) is 19.8 Å². The van der Waals surface area contributed by atoms with Gasteiger partial charge in [-0.3, -0.25) is 9.78 Å². The van der Waals surface area contributed by atoms with Crippen molar-refractivity contribution >= 4 is 34.7 Å². The second-order valence-electron chi connectivity index (χ2n) is 8.37. The molecule has 172 valence electrons. The summed E-state index contributed by atoms with van der Waals surface area (Å²) in [5.41, 5.74) is 8.22. The van der Waals surface area contributed by atoms with Gasteiger partial charge in [0.25, 0.3) is 5.91 Å². The van der Waals surface area contributed by atoms with Gasteiger partial charge in [-0.15, -0.1) is 0 Å². The molecule has 33 heavy (non-hydrogen) atoms. The lowest BCUT2D eigenvalue weighted by molar-refractivity contribution is 0.100. The number of likely N-dealkylation sites (N-methyl/N-ethyl adjacent to an activating group) is 1. The Labute approximate surface area is 193 Å². The van der Waals surface area contributed by atoms with Crippen LogP contribution in [-0.2, 0) is 0 Å². The summed E-state index contributed by atoms with van der Waals surface area (Å²) in [4.78, 5) is 34.3. The highest BCUT2D eigenvalue weighted by atomic mass is 16.1. The Morgan fingerprint density at radius 3 is 2.36 bits per heavy atom. The summed E-state index contributed by atoms with van der Waals surface area (Å²) in [5, 5.41) is 6.39. The van der Waals surface area contributed by atoms with Gasteiger partial charge in [0.15, 0.2) is 5.82 Å². The molecule has 1 amide bonds. The number of aromatic nitrogens is 4. The fourth-order valence-electron chi connectivity index (χ4n) is 3.66. The van der Waals surface area contributed by atoms with E-state index in [-0.39, 0.29) is 11.5 Å². The van der Waals surface area contributed by atoms with Crippen LogP contribution < -0.4 is 21.3 Å². The fraction of sp³-hybridized carbons (Fsp3) is 0.348. The van der Waals surface area contributed by atoms with E-state index in [9.17, 15) is 4.79 Å². The Morgan fingerprint density at radius 1 is 0.970 bits per heavy atom. The van der Waals surface area contributed by atoms with Crippen LogP contribution in [0.25, 0.3) is 0 Å². The van der Waals surface area contributed by atoms with E-state index < -0.39 is 5.91 Å². The van der Waals surface area contributed by atoms with Gasteiger partial charge in [-0.2, -0.15) is 0 Å². The van der Waals surface area contributed by atoms with Gasteiger partial charge in [-0.1, -0.05) is 13.8 Å². The van der Waals surface area contributed by atoms with Crippen LogP contribution in [0.5, 0.6) is 0 Å². The molecule has 0 aromatic carbocycles. The molecule has 1 saturated heterocycles. The van der Waals surface area contributed by atoms with Crippen molar-refractivity contribution < 1.29 is 4.79 Å². The Hall–Kier alpha value is -3.79. The molecule has 0 radical (unpaired) electrons. The minimum Gasteiger partial charge on any atom is -0.368 e. The first-order valence-electron chi connectivity index (χ1n) is 10.9. The monoisotopic (exact) mass is 447 g/mol. The maximum absolute atomic E-state index is 12.0. The second kappa shape index (κ2) is 9.78. The van der Waals surface area contributed by atoms with Gasteiger partial charge in [0, 0.05) is 50.8 Å². The Kier molecular flexibility index (Phi) is 6.64. The molecule has 0 bridgehead atoms. The van der Waals surface area contributed by atoms with Crippen LogP contribution in [-0.4, -0.2) is 64.0 Å². The summed E-state index contributed by atoms with van der Waals surface area (Å²) < 4.78 is 0. The van der Waals surface area contributed by atoms with Crippen molar-refractivity contribution in [2.75, 3.05) is 48.8 Å². The van der Waals surface area contributed by atoms with Crippen molar-refractivity contribution in [2.24, 2.45) is 5.73 Å². The molecule has 1 aliphatic heterocycles.